The molecule has 12 heteroatoms. The lowest BCUT2D eigenvalue weighted by molar-refractivity contribution is -0.114. The van der Waals surface area contributed by atoms with Crippen LogP contribution in [0.25, 0.3) is 0 Å². The van der Waals surface area contributed by atoms with Crippen LogP contribution in [0, 0.1) is 0 Å². The molecule has 0 bridgehead atoms. The second-order valence-electron chi connectivity index (χ2n) is 10.6. The van der Waals surface area contributed by atoms with Crippen LogP contribution in [-0.4, -0.2) is 51.9 Å². The number of hydrogen-bond acceptors (Lipinski definition) is 8. The van der Waals surface area contributed by atoms with Gasteiger partial charge in [0.15, 0.2) is 5.13 Å². The number of carbonyl (C=O) groups is 4. The minimum Gasteiger partial charge on any atom is -0.442 e. The molecule has 0 aliphatic carbocycles. The molecule has 0 saturated carbocycles. The quantitative estimate of drug-likeness (QED) is 0.423. The van der Waals surface area contributed by atoms with E-state index in [2.05, 4.69) is 21.0 Å². The van der Waals surface area contributed by atoms with E-state index in [0.717, 1.165) is 29.7 Å². The van der Waals surface area contributed by atoms with Crippen molar-refractivity contribution >= 4 is 40.6 Å². The second-order valence-corrected chi connectivity index (χ2v) is 11.4. The Bertz CT molecular complexity index is 1110. The lowest BCUT2D eigenvalue weighted by Crippen LogP contribution is -2.55. The predicted molar refractivity (Wildman–Crippen MR) is 145 cm³/mol. The molecule has 2 aromatic rings. The van der Waals surface area contributed by atoms with Gasteiger partial charge in [-0.1, -0.05) is 24.3 Å². The Morgan fingerprint density at radius 2 is 1.50 bits per heavy atom. The fourth-order valence-corrected chi connectivity index (χ4v) is 3.88. The molecule has 0 aliphatic rings. The monoisotopic (exact) mass is 547 g/mol. The van der Waals surface area contributed by atoms with Gasteiger partial charge in [-0.05, 0) is 71.9 Å². The first-order valence-electron chi connectivity index (χ1n) is 12.2. The summed E-state index contributed by atoms with van der Waals surface area (Å²) in [5.41, 5.74) is 3.48. The van der Waals surface area contributed by atoms with Gasteiger partial charge in [0.05, 0.1) is 5.69 Å². The second kappa shape index (κ2) is 13.2. The fraction of sp³-hybridized carbons (Fsp3) is 0.500. The third-order valence-electron chi connectivity index (χ3n) is 4.56. The number of nitrogens with one attached hydrogen (secondary N) is 3. The largest absolute Gasteiger partial charge is 0.442 e. The van der Waals surface area contributed by atoms with Gasteiger partial charge < -0.3 is 20.1 Å². The van der Waals surface area contributed by atoms with E-state index >= 15 is 0 Å². The van der Waals surface area contributed by atoms with Crippen LogP contribution in [0.15, 0.2) is 29.6 Å². The number of urea groups is 1. The number of ether oxygens (including phenoxy) is 2. The molecule has 1 aromatic heterocycles. The van der Waals surface area contributed by atoms with E-state index in [0.29, 0.717) is 16.6 Å². The zero-order valence-corrected chi connectivity index (χ0v) is 23.8. The number of rotatable bonds is 7. The van der Waals surface area contributed by atoms with Gasteiger partial charge >= 0.3 is 18.2 Å². The summed E-state index contributed by atoms with van der Waals surface area (Å²) >= 11 is 1.39. The van der Waals surface area contributed by atoms with Crippen molar-refractivity contribution in [2.24, 2.45) is 0 Å². The Hall–Kier alpha value is -3.67. The molecule has 1 aromatic carbocycles. The topological polar surface area (TPSA) is 139 Å². The van der Waals surface area contributed by atoms with Crippen LogP contribution >= 0.6 is 11.3 Å². The third-order valence-corrected chi connectivity index (χ3v) is 5.37. The first-order valence-corrected chi connectivity index (χ1v) is 13.1. The van der Waals surface area contributed by atoms with Gasteiger partial charge in [-0.15, -0.1) is 16.3 Å². The van der Waals surface area contributed by atoms with Gasteiger partial charge in [0.1, 0.15) is 11.2 Å². The molecular weight excluding hydrogens is 510 g/mol. The molecular formula is C26H37N5O6S. The maximum Gasteiger partial charge on any atom is 0.439 e. The van der Waals surface area contributed by atoms with E-state index in [4.69, 9.17) is 9.47 Å². The Morgan fingerprint density at radius 3 is 2.05 bits per heavy atom. The van der Waals surface area contributed by atoms with Crippen LogP contribution in [0.5, 0.6) is 0 Å². The highest BCUT2D eigenvalue weighted by molar-refractivity contribution is 7.13. The molecule has 0 spiro atoms. The maximum atomic E-state index is 12.5. The molecule has 11 nitrogen and oxygen atoms in total. The smallest absolute Gasteiger partial charge is 0.439 e. The Labute approximate surface area is 227 Å². The Balaban J connectivity index is 1.90. The minimum absolute atomic E-state index is 0.150. The highest BCUT2D eigenvalue weighted by Gasteiger charge is 2.32. The van der Waals surface area contributed by atoms with Crippen molar-refractivity contribution in [1.29, 1.82) is 0 Å². The Morgan fingerprint density at radius 1 is 0.921 bits per heavy atom. The highest BCUT2D eigenvalue weighted by atomic mass is 32.1. The fourth-order valence-electron chi connectivity index (χ4n) is 3.09. The van der Waals surface area contributed by atoms with Crippen molar-refractivity contribution in [3.8, 4) is 0 Å². The Kier molecular flexibility index (Phi) is 10.6. The summed E-state index contributed by atoms with van der Waals surface area (Å²) in [4.78, 5) is 53.0. The van der Waals surface area contributed by atoms with Gasteiger partial charge in [0.25, 0.3) is 0 Å². The number of imide groups is 1. The number of hydrogen-bond donors (Lipinski definition) is 3. The molecule has 0 fully saturated rings. The highest BCUT2D eigenvalue weighted by Crippen LogP contribution is 2.18. The molecule has 208 valence electrons. The minimum atomic E-state index is -1.06. The molecule has 0 aliphatic heterocycles. The van der Waals surface area contributed by atoms with Gasteiger partial charge in [0.2, 0.25) is 5.91 Å². The summed E-state index contributed by atoms with van der Waals surface area (Å²) < 4.78 is 10.4. The summed E-state index contributed by atoms with van der Waals surface area (Å²) in [7, 11) is 0. The van der Waals surface area contributed by atoms with E-state index in [1.54, 1.807) is 41.5 Å². The van der Waals surface area contributed by atoms with E-state index in [9.17, 15) is 19.2 Å². The summed E-state index contributed by atoms with van der Waals surface area (Å²) in [5, 5.41) is 8.26. The van der Waals surface area contributed by atoms with E-state index in [-0.39, 0.29) is 12.5 Å². The van der Waals surface area contributed by atoms with Crippen molar-refractivity contribution in [3.05, 3.63) is 46.5 Å². The number of amides is 5. The van der Waals surface area contributed by atoms with Crippen LogP contribution in [0.3, 0.4) is 0 Å². The van der Waals surface area contributed by atoms with Crippen molar-refractivity contribution < 1.29 is 28.7 Å². The van der Waals surface area contributed by atoms with Gasteiger partial charge in [-0.3, -0.25) is 4.79 Å². The number of benzene rings is 1. The summed E-state index contributed by atoms with van der Waals surface area (Å²) in [6, 6.07) is 7.21. The molecule has 0 unspecified atom stereocenters. The predicted octanol–water partition coefficient (Wildman–Crippen LogP) is 4.82. The number of anilines is 1. The van der Waals surface area contributed by atoms with Crippen LogP contribution in [-0.2, 0) is 33.5 Å². The van der Waals surface area contributed by atoms with Crippen LogP contribution in [0.4, 0.5) is 19.5 Å². The molecule has 38 heavy (non-hydrogen) atoms. The number of nitrogens with zero attached hydrogens (tertiary/aromatic N) is 2. The zero-order chi connectivity index (χ0) is 28.5. The first-order chi connectivity index (χ1) is 17.6. The van der Waals surface area contributed by atoms with Crippen LogP contribution < -0.4 is 16.1 Å². The van der Waals surface area contributed by atoms with Crippen molar-refractivity contribution in [2.75, 3.05) is 11.9 Å². The molecule has 1 heterocycles. The third kappa shape index (κ3) is 11.6. The normalized spacial score (nSPS) is 11.3. The molecule has 5 amide bonds. The van der Waals surface area contributed by atoms with Gasteiger partial charge in [-0.2, -0.15) is 0 Å². The van der Waals surface area contributed by atoms with E-state index in [1.807, 2.05) is 29.6 Å². The number of aromatic nitrogens is 1. The summed E-state index contributed by atoms with van der Waals surface area (Å²) in [6.45, 7) is 11.6. The average Bonchev–Trinajstić information content (AvgIpc) is 3.20. The molecule has 0 saturated heterocycles. The first kappa shape index (κ1) is 30.6. The molecule has 0 atom stereocenters. The number of carbonyl (C=O) groups excluding carboxylic acids is 4. The summed E-state index contributed by atoms with van der Waals surface area (Å²) in [5.74, 6) is -0.150. The molecule has 0 radical (unpaired) electrons. The van der Waals surface area contributed by atoms with E-state index < -0.39 is 29.4 Å². The number of hydrazine groups is 1. The van der Waals surface area contributed by atoms with Gasteiger partial charge in [-0.25, -0.2) is 24.8 Å². The van der Waals surface area contributed by atoms with Crippen molar-refractivity contribution in [1.82, 2.24) is 20.7 Å². The SMILES string of the molecule is CC(=O)Nc1nc(CCc2cccc(CCNC(=O)NN(C(=O)OC(C)(C)C)C(=O)OC(C)(C)C)c2)cs1. The zero-order valence-electron chi connectivity index (χ0n) is 23.0. The molecule has 3 N–H and O–H groups in total. The molecule has 2 rings (SSSR count). The number of thiazole rings is 1. The lowest BCUT2D eigenvalue weighted by Gasteiger charge is -2.28. The van der Waals surface area contributed by atoms with Crippen molar-refractivity contribution in [3.63, 3.8) is 0 Å². The van der Waals surface area contributed by atoms with Crippen LogP contribution in [0.2, 0.25) is 0 Å². The lowest BCUT2D eigenvalue weighted by atomic mass is 10.0. The van der Waals surface area contributed by atoms with Crippen LogP contribution in [0.1, 0.15) is 65.3 Å². The average molecular weight is 548 g/mol. The van der Waals surface area contributed by atoms with Gasteiger partial charge in [0, 0.05) is 18.8 Å². The number of aryl methyl sites for hydroxylation is 2. The standard InChI is InChI=1S/C26H37N5O6S/c1-17(32)28-22-29-20(16-38-22)12-11-18-9-8-10-19(15-18)13-14-27-21(33)30-31(23(34)36-25(2,3)4)24(35)37-26(5,6)7/h8-10,15-16H,11-14H2,1-7H3,(H2,27,30,33)(H,28,29,32). The maximum absolute atomic E-state index is 12.5. The van der Waals surface area contributed by atoms with E-state index in [1.165, 1.54) is 18.3 Å². The summed E-state index contributed by atoms with van der Waals surface area (Å²) in [6.07, 6.45) is -0.0847. The van der Waals surface area contributed by atoms with Crippen molar-refractivity contribution in [2.45, 2.75) is 78.9 Å².